The molecule has 0 aromatic rings. The van der Waals surface area contributed by atoms with Crippen LogP contribution in [0, 0.1) is 0 Å². The molecule has 0 saturated heterocycles. The van der Waals surface area contributed by atoms with Gasteiger partial charge in [-0.3, -0.25) is 0 Å². The fourth-order valence-electron chi connectivity index (χ4n) is 0. The first-order valence-corrected chi connectivity index (χ1v) is 0. The monoisotopic (exact) mass is 105 g/mol. The number of hydrogen-bond acceptors (Lipinski definition) is 0. The quantitative estimate of drug-likeness (QED) is 0.274. The van der Waals surface area contributed by atoms with Gasteiger partial charge in [0.25, 0.3) is 0 Å². The molecule has 0 bridgehead atoms. The molecule has 3 nitrogen and oxygen atoms in total. The molecule has 0 fully saturated rings. The molecular weight excluding hydrogens is 97.9 g/mol. The molecule has 0 atom stereocenters. The van der Waals surface area contributed by atoms with Crippen LogP contribution in [0.25, 0.3) is 0 Å². The predicted molar refractivity (Wildman–Crippen MR) is 17.7 cm³/mol. The Labute approximate surface area is 76.5 Å². The van der Waals surface area contributed by atoms with E-state index >= 15 is 0 Å². The maximum absolute atomic E-state index is 0. The van der Waals surface area contributed by atoms with E-state index in [1.165, 1.54) is 0 Å². The van der Waals surface area contributed by atoms with Crippen molar-refractivity contribution in [3.05, 3.63) is 0 Å². The predicted octanol–water partition coefficient (Wildman–Crippen LogP) is -5.74. The summed E-state index contributed by atoms with van der Waals surface area (Å²) < 4.78 is 0. The van der Waals surface area contributed by atoms with E-state index in [0.717, 1.165) is 0 Å². The molecule has 0 unspecified atom stereocenters. The van der Waals surface area contributed by atoms with Gasteiger partial charge in [-0.15, -0.1) is 0 Å². The minimum Gasteiger partial charge on any atom is -1.00 e. The van der Waals surface area contributed by atoms with Gasteiger partial charge in [-0.25, -0.2) is 0 Å². The van der Waals surface area contributed by atoms with Crippen LogP contribution in [0.15, 0.2) is 0 Å². The van der Waals surface area contributed by atoms with E-state index in [1.54, 1.807) is 0 Å². The van der Waals surface area contributed by atoms with Gasteiger partial charge in [-0.1, -0.05) is 0 Å². The summed E-state index contributed by atoms with van der Waals surface area (Å²) in [6, 6.07) is 0. The molecule has 0 aliphatic rings. The van der Waals surface area contributed by atoms with Crippen molar-refractivity contribution in [2.24, 2.45) is 0 Å². The third-order valence-electron chi connectivity index (χ3n) is 0. The van der Waals surface area contributed by atoms with Crippen LogP contribution in [0.2, 0.25) is 0 Å². The molecule has 0 amide bonds. The normalized spacial score (nSPS) is 0. The molecule has 29 valence electrons. The molecule has 0 aromatic heterocycles. The molecule has 0 saturated carbocycles. The molecule has 0 rings (SSSR count). The van der Waals surface area contributed by atoms with Gasteiger partial charge in [-0.2, -0.15) is 0 Å². The summed E-state index contributed by atoms with van der Waals surface area (Å²) >= 11 is 0. The molecule has 6 N–H and O–H groups in total. The van der Waals surface area contributed by atoms with Crippen LogP contribution in [0.4, 0.5) is 0 Å². The van der Waals surface area contributed by atoms with Crippen LogP contribution in [0.5, 0.6) is 0 Å². The van der Waals surface area contributed by atoms with E-state index in [2.05, 4.69) is 0 Å². The van der Waals surface area contributed by atoms with E-state index < -0.39 is 0 Å². The number of rotatable bonds is 0. The van der Waals surface area contributed by atoms with Gasteiger partial charge < -0.3 is 17.9 Å². The Hall–Kier alpha value is 1.58. The van der Waals surface area contributed by atoms with Crippen LogP contribution in [0.3, 0.4) is 0 Å². The minimum atomic E-state index is 0. The first-order valence-electron chi connectivity index (χ1n) is 0. The maximum atomic E-state index is 0. The van der Waals surface area contributed by atoms with Crippen LogP contribution < -0.4 is 51.4 Å². The molecule has 0 aromatic carbocycles. The summed E-state index contributed by atoms with van der Waals surface area (Å²) in [6.45, 7) is 0. The Morgan fingerprint density at radius 1 is 0.800 bits per heavy atom. The fraction of sp³-hybridized carbons (Fsp3) is 0. The van der Waals surface area contributed by atoms with Crippen molar-refractivity contribution >= 4 is 8.41 Å². The summed E-state index contributed by atoms with van der Waals surface area (Å²) in [5.41, 5.74) is 0. The van der Waals surface area contributed by atoms with Crippen LogP contribution in [-0.2, 0) is 0 Å². The summed E-state index contributed by atoms with van der Waals surface area (Å²) in [4.78, 5) is 0. The Kier molecular flexibility index (Phi) is 768. The topological polar surface area (TPSA) is 94.5 Å². The van der Waals surface area contributed by atoms with Gasteiger partial charge in [0.05, 0.1) is 0 Å². The Morgan fingerprint density at radius 2 is 0.800 bits per heavy atom. The van der Waals surface area contributed by atoms with Gasteiger partial charge in [0, 0.05) is 8.41 Å². The van der Waals surface area contributed by atoms with E-state index in [4.69, 9.17) is 0 Å². The SMILES string of the molecule is O.O.O.[B].[H-].[K+]. The van der Waals surface area contributed by atoms with Crippen molar-refractivity contribution in [1.29, 1.82) is 0 Å². The van der Waals surface area contributed by atoms with Crippen LogP contribution in [-0.4, -0.2) is 24.8 Å². The summed E-state index contributed by atoms with van der Waals surface area (Å²) in [5.74, 6) is 0. The van der Waals surface area contributed by atoms with Crippen LogP contribution >= 0.6 is 0 Å². The second-order valence-electron chi connectivity index (χ2n) is 0. The smallest absolute Gasteiger partial charge is 1.00 e. The number of hydrogen-bond donors (Lipinski definition) is 0. The standard InChI is InChI=1S/B.K.3H2O.H/h;;3*1H2;/q;+1;;;;-1. The molecule has 0 aliphatic heterocycles. The second-order valence-corrected chi connectivity index (χ2v) is 0. The van der Waals surface area contributed by atoms with Gasteiger partial charge >= 0.3 is 51.4 Å². The van der Waals surface area contributed by atoms with Crippen molar-refractivity contribution in [2.45, 2.75) is 0 Å². The van der Waals surface area contributed by atoms with Crippen molar-refractivity contribution in [2.75, 3.05) is 0 Å². The van der Waals surface area contributed by atoms with Gasteiger partial charge in [0.15, 0.2) is 0 Å². The van der Waals surface area contributed by atoms with E-state index in [0.29, 0.717) is 0 Å². The second kappa shape index (κ2) is 46.8. The van der Waals surface area contributed by atoms with Crippen molar-refractivity contribution in [3.8, 4) is 0 Å². The maximum Gasteiger partial charge on any atom is 1.00 e. The Bertz CT molecular complexity index is 10.8. The molecular formula is H7BKO3. The molecule has 0 aliphatic carbocycles. The van der Waals surface area contributed by atoms with E-state index in [1.807, 2.05) is 0 Å². The van der Waals surface area contributed by atoms with Gasteiger partial charge in [-0.05, 0) is 0 Å². The van der Waals surface area contributed by atoms with E-state index in [9.17, 15) is 0 Å². The summed E-state index contributed by atoms with van der Waals surface area (Å²) in [7, 11) is 0. The van der Waals surface area contributed by atoms with Crippen molar-refractivity contribution in [1.82, 2.24) is 0 Å². The van der Waals surface area contributed by atoms with Crippen molar-refractivity contribution < 1.29 is 69.2 Å². The third-order valence-corrected chi connectivity index (χ3v) is 0. The molecule has 5 heteroatoms. The minimum absolute atomic E-state index is 0. The Balaban J connectivity index is 0. The van der Waals surface area contributed by atoms with Crippen molar-refractivity contribution in [3.63, 3.8) is 0 Å². The first kappa shape index (κ1) is 82.0. The average Bonchev–Trinajstić information content (AvgIpc) is 0. The zero-order valence-electron chi connectivity index (χ0n) is 4.08. The zero-order valence-corrected chi connectivity index (χ0v) is 6.20. The van der Waals surface area contributed by atoms with Gasteiger partial charge in [0.1, 0.15) is 0 Å². The molecule has 5 heavy (non-hydrogen) atoms. The summed E-state index contributed by atoms with van der Waals surface area (Å²) in [5, 5.41) is 0. The first-order chi connectivity index (χ1) is 0. The fourth-order valence-corrected chi connectivity index (χ4v) is 0. The van der Waals surface area contributed by atoms with Gasteiger partial charge in [0.2, 0.25) is 0 Å². The third kappa shape index (κ3) is 28.6. The van der Waals surface area contributed by atoms with E-state index in [-0.39, 0.29) is 77.7 Å². The molecule has 0 heterocycles. The zero-order chi connectivity index (χ0) is 0. The summed E-state index contributed by atoms with van der Waals surface area (Å²) in [6.07, 6.45) is 0. The van der Waals surface area contributed by atoms with Crippen LogP contribution in [0.1, 0.15) is 1.43 Å². The largest absolute Gasteiger partial charge is 1.00 e. The molecule has 0 spiro atoms. The Morgan fingerprint density at radius 3 is 0.800 bits per heavy atom. The average molecular weight is 105 g/mol. The molecule has 3 radical (unpaired) electrons.